The highest BCUT2D eigenvalue weighted by Gasteiger charge is 2.36. The van der Waals surface area contributed by atoms with E-state index in [-0.39, 0.29) is 12.0 Å². The molecule has 2 N–H and O–H groups in total. The van der Waals surface area contributed by atoms with Crippen molar-refractivity contribution in [3.63, 3.8) is 0 Å². The van der Waals surface area contributed by atoms with Gasteiger partial charge in [-0.05, 0) is 75.9 Å². The number of para-hydroxylation sites is 2. The van der Waals surface area contributed by atoms with Gasteiger partial charge in [0, 0.05) is 0 Å². The number of nitrogens with zero attached hydrogens (tertiary/aromatic N) is 4. The van der Waals surface area contributed by atoms with E-state index < -0.39 is 29.2 Å². The predicted octanol–water partition coefficient (Wildman–Crippen LogP) is 4.91. The molecule has 0 aliphatic heterocycles. The molecule has 10 heteroatoms. The molecule has 2 aromatic rings. The van der Waals surface area contributed by atoms with Gasteiger partial charge < -0.3 is 14.8 Å². The smallest absolute Gasteiger partial charge is 0.412 e. The molecule has 1 atom stereocenters. The number of esters is 1. The number of amides is 1. The van der Waals surface area contributed by atoms with E-state index in [9.17, 15) is 9.59 Å². The summed E-state index contributed by atoms with van der Waals surface area (Å²) in [5.74, 6) is -0.211. The zero-order valence-electron chi connectivity index (χ0n) is 21.7. The summed E-state index contributed by atoms with van der Waals surface area (Å²) in [6.07, 6.45) is 0.162. The van der Waals surface area contributed by atoms with Gasteiger partial charge in [-0.25, -0.2) is 14.3 Å². The second-order valence-corrected chi connectivity index (χ2v) is 11.0. The highest BCUT2D eigenvalue weighted by Crippen LogP contribution is 2.34. The maximum absolute atomic E-state index is 13.0. The van der Waals surface area contributed by atoms with Gasteiger partial charge in [-0.1, -0.05) is 32.9 Å². The van der Waals surface area contributed by atoms with Crippen LogP contribution in [0.15, 0.2) is 24.3 Å². The first-order chi connectivity index (χ1) is 15.6. The lowest BCUT2D eigenvalue weighted by molar-refractivity contribution is -0.144. The fourth-order valence-corrected chi connectivity index (χ4v) is 3.92. The molecule has 0 saturated heterocycles. The van der Waals surface area contributed by atoms with E-state index in [0.29, 0.717) is 17.2 Å². The van der Waals surface area contributed by atoms with Crippen LogP contribution in [-0.4, -0.2) is 44.5 Å². The van der Waals surface area contributed by atoms with Crippen LogP contribution in [0, 0.1) is 5.41 Å². The summed E-state index contributed by atoms with van der Waals surface area (Å²) < 4.78 is 12.4. The number of benzene rings is 1. The second kappa shape index (κ2) is 10.4. The average Bonchev–Trinajstić information content (AvgIpc) is 3.14. The standard InChI is InChI=1S/C24H38N6O4/c1-10-33-20(31)18(19-27-28-29-30(19)24(8,9)15-22(2,3)4)25-16-13-11-12-14-17(16)26-21(32)34-23(5,6)7/h11-14,18,25H,10,15H2,1-9H3,(H,26,32). The SMILES string of the molecule is CCOC(=O)C(Nc1ccccc1NC(=O)OC(C)(C)C)c1nnnn1C(C)(C)CC(C)(C)C. The largest absolute Gasteiger partial charge is 0.464 e. The number of hydrogen-bond acceptors (Lipinski definition) is 8. The first-order valence-corrected chi connectivity index (χ1v) is 11.4. The molecule has 0 aliphatic rings. The Morgan fingerprint density at radius 2 is 1.65 bits per heavy atom. The number of anilines is 2. The zero-order chi connectivity index (χ0) is 25.7. The van der Waals surface area contributed by atoms with Crippen molar-refractivity contribution in [2.45, 2.75) is 85.9 Å². The molecule has 0 radical (unpaired) electrons. The summed E-state index contributed by atoms with van der Waals surface area (Å²) in [5, 5.41) is 18.1. The molecule has 34 heavy (non-hydrogen) atoms. The Labute approximate surface area is 201 Å². The van der Waals surface area contributed by atoms with Gasteiger partial charge in [0.05, 0.1) is 23.5 Å². The van der Waals surface area contributed by atoms with E-state index in [1.807, 2.05) is 13.8 Å². The van der Waals surface area contributed by atoms with E-state index in [1.165, 1.54) is 0 Å². The van der Waals surface area contributed by atoms with Crippen LogP contribution < -0.4 is 10.6 Å². The molecule has 0 bridgehead atoms. The van der Waals surface area contributed by atoms with E-state index in [0.717, 1.165) is 6.42 Å². The molecule has 0 spiro atoms. The monoisotopic (exact) mass is 474 g/mol. The number of hydrogen-bond donors (Lipinski definition) is 2. The van der Waals surface area contributed by atoms with Crippen LogP contribution in [0.2, 0.25) is 0 Å². The molecule has 1 heterocycles. The third-order valence-electron chi connectivity index (χ3n) is 4.67. The van der Waals surface area contributed by atoms with E-state index >= 15 is 0 Å². The highest BCUT2D eigenvalue weighted by atomic mass is 16.6. The summed E-state index contributed by atoms with van der Waals surface area (Å²) in [6.45, 7) is 17.7. The molecule has 2 rings (SSSR count). The number of tetrazole rings is 1. The van der Waals surface area contributed by atoms with E-state index in [1.54, 1.807) is 56.6 Å². The normalized spacial score (nSPS) is 13.2. The second-order valence-electron chi connectivity index (χ2n) is 11.0. The number of aromatic nitrogens is 4. The molecule has 188 valence electrons. The first kappa shape index (κ1) is 27.1. The average molecular weight is 475 g/mol. The Hall–Kier alpha value is -3.17. The first-order valence-electron chi connectivity index (χ1n) is 11.4. The van der Waals surface area contributed by atoms with Crippen LogP contribution in [-0.2, 0) is 19.8 Å². The van der Waals surface area contributed by atoms with Crippen molar-refractivity contribution in [3.8, 4) is 0 Å². The number of carbonyl (C=O) groups is 2. The Kier molecular flexibility index (Phi) is 8.28. The van der Waals surface area contributed by atoms with Gasteiger partial charge >= 0.3 is 12.1 Å². The fraction of sp³-hybridized carbons (Fsp3) is 0.625. The summed E-state index contributed by atoms with van der Waals surface area (Å²) in [5.41, 5.74) is -0.185. The van der Waals surface area contributed by atoms with Gasteiger partial charge in [0.2, 0.25) is 0 Å². The molecular formula is C24H38N6O4. The Bertz CT molecular complexity index is 988. The molecule has 0 saturated carbocycles. The Morgan fingerprint density at radius 1 is 1.03 bits per heavy atom. The van der Waals surface area contributed by atoms with Crippen molar-refractivity contribution in [2.24, 2.45) is 5.41 Å². The van der Waals surface area contributed by atoms with Gasteiger partial charge in [0.15, 0.2) is 11.9 Å². The van der Waals surface area contributed by atoms with E-state index in [2.05, 4.69) is 46.9 Å². The maximum Gasteiger partial charge on any atom is 0.412 e. The van der Waals surface area contributed by atoms with Crippen molar-refractivity contribution >= 4 is 23.4 Å². The highest BCUT2D eigenvalue weighted by molar-refractivity contribution is 5.91. The van der Waals surface area contributed by atoms with Crippen molar-refractivity contribution in [1.82, 2.24) is 20.2 Å². The van der Waals surface area contributed by atoms with Gasteiger partial charge in [0.1, 0.15) is 5.60 Å². The lowest BCUT2D eigenvalue weighted by Gasteiger charge is -2.33. The van der Waals surface area contributed by atoms with Crippen LogP contribution >= 0.6 is 0 Å². The summed E-state index contributed by atoms with van der Waals surface area (Å²) in [6, 6.07) is 6.01. The number of ether oxygens (including phenoxy) is 2. The van der Waals surface area contributed by atoms with Crippen LogP contribution in [0.1, 0.15) is 80.6 Å². The van der Waals surface area contributed by atoms with Gasteiger partial charge in [-0.2, -0.15) is 0 Å². The van der Waals surface area contributed by atoms with Gasteiger partial charge in [-0.15, -0.1) is 5.10 Å². The summed E-state index contributed by atoms with van der Waals surface area (Å²) in [7, 11) is 0. The molecule has 0 aliphatic carbocycles. The summed E-state index contributed by atoms with van der Waals surface area (Å²) in [4.78, 5) is 25.4. The van der Waals surface area contributed by atoms with Crippen LogP contribution in [0.4, 0.5) is 16.2 Å². The molecule has 0 fully saturated rings. The fourth-order valence-electron chi connectivity index (χ4n) is 3.92. The maximum atomic E-state index is 13.0. The van der Waals surface area contributed by atoms with Gasteiger partial charge in [-0.3, -0.25) is 5.32 Å². The quantitative estimate of drug-likeness (QED) is 0.518. The third-order valence-corrected chi connectivity index (χ3v) is 4.67. The minimum atomic E-state index is -1.00. The molecule has 1 amide bonds. The molecule has 1 aromatic carbocycles. The number of rotatable bonds is 8. The summed E-state index contributed by atoms with van der Waals surface area (Å²) >= 11 is 0. The van der Waals surface area contributed by atoms with Gasteiger partial charge in [0.25, 0.3) is 0 Å². The van der Waals surface area contributed by atoms with Crippen molar-refractivity contribution < 1.29 is 19.1 Å². The molecule has 1 aromatic heterocycles. The van der Waals surface area contributed by atoms with E-state index in [4.69, 9.17) is 9.47 Å². The zero-order valence-corrected chi connectivity index (χ0v) is 21.7. The van der Waals surface area contributed by atoms with Crippen molar-refractivity contribution in [1.29, 1.82) is 0 Å². The Morgan fingerprint density at radius 3 is 2.21 bits per heavy atom. The minimum Gasteiger partial charge on any atom is -0.464 e. The number of carbonyl (C=O) groups excluding carboxylic acids is 2. The molecule has 1 unspecified atom stereocenters. The Balaban J connectivity index is 2.43. The van der Waals surface area contributed by atoms with Crippen LogP contribution in [0.3, 0.4) is 0 Å². The minimum absolute atomic E-state index is 0.00348. The third kappa shape index (κ3) is 7.71. The van der Waals surface area contributed by atoms with Crippen molar-refractivity contribution in [3.05, 3.63) is 30.1 Å². The predicted molar refractivity (Wildman–Crippen MR) is 131 cm³/mol. The lowest BCUT2D eigenvalue weighted by Crippen LogP contribution is -2.37. The number of nitrogens with one attached hydrogen (secondary N) is 2. The molecule has 10 nitrogen and oxygen atoms in total. The van der Waals surface area contributed by atoms with Crippen molar-refractivity contribution in [2.75, 3.05) is 17.2 Å². The van der Waals surface area contributed by atoms with Crippen LogP contribution in [0.5, 0.6) is 0 Å². The van der Waals surface area contributed by atoms with Crippen LogP contribution in [0.25, 0.3) is 0 Å². The molecular weight excluding hydrogens is 436 g/mol. The topological polar surface area (TPSA) is 120 Å². The lowest BCUT2D eigenvalue weighted by atomic mass is 9.82.